The maximum absolute atomic E-state index is 10.2. The van der Waals surface area contributed by atoms with E-state index >= 15 is 0 Å². The second-order valence-corrected chi connectivity index (χ2v) is 8.18. The highest BCUT2D eigenvalue weighted by Gasteiger charge is 2.12. The second-order valence-electron chi connectivity index (χ2n) is 8.18. The van der Waals surface area contributed by atoms with Crippen LogP contribution in [0.5, 0.6) is 0 Å². The van der Waals surface area contributed by atoms with Gasteiger partial charge >= 0.3 is 0 Å². The van der Waals surface area contributed by atoms with Crippen LogP contribution in [-0.4, -0.2) is 40.7 Å². The molecule has 0 aliphatic heterocycles. The summed E-state index contributed by atoms with van der Waals surface area (Å²) in [5, 5.41) is 19.4. The minimum atomic E-state index is -0.483. The molecule has 0 saturated heterocycles. The van der Waals surface area contributed by atoms with E-state index in [-0.39, 0.29) is 6.61 Å². The third-order valence-electron chi connectivity index (χ3n) is 5.53. The zero-order valence-corrected chi connectivity index (χ0v) is 18.5. The first-order valence-corrected chi connectivity index (χ1v) is 11.7. The number of rotatable bonds is 19. The van der Waals surface area contributed by atoms with Gasteiger partial charge in [-0.2, -0.15) is 0 Å². The maximum atomic E-state index is 10.2. The molecular formula is C24H45NO3. The SMILES string of the molecule is CCCCCCCCCCCCCCOCC(O)Cc1c(C)ccn1CCO. The van der Waals surface area contributed by atoms with E-state index in [2.05, 4.69) is 6.92 Å². The molecular weight excluding hydrogens is 350 g/mol. The van der Waals surface area contributed by atoms with E-state index in [1.54, 1.807) is 0 Å². The molecule has 1 aromatic heterocycles. The van der Waals surface area contributed by atoms with Crippen LogP contribution in [0.4, 0.5) is 0 Å². The normalized spacial score (nSPS) is 12.6. The summed E-state index contributed by atoms with van der Waals surface area (Å²) in [4.78, 5) is 0. The van der Waals surface area contributed by atoms with Crippen LogP contribution in [0, 0.1) is 6.92 Å². The molecule has 0 bridgehead atoms. The molecule has 1 unspecified atom stereocenters. The summed E-state index contributed by atoms with van der Waals surface area (Å²) in [6.07, 6.45) is 18.2. The van der Waals surface area contributed by atoms with E-state index in [0.29, 0.717) is 19.6 Å². The summed E-state index contributed by atoms with van der Waals surface area (Å²) in [5.41, 5.74) is 2.25. The first-order valence-electron chi connectivity index (χ1n) is 11.7. The quantitative estimate of drug-likeness (QED) is 0.308. The Bertz CT molecular complexity index is 472. The molecule has 0 spiro atoms. The van der Waals surface area contributed by atoms with E-state index in [9.17, 15) is 5.11 Å². The van der Waals surface area contributed by atoms with Gasteiger partial charge in [-0.15, -0.1) is 0 Å². The number of hydrogen-bond donors (Lipinski definition) is 2. The molecule has 2 N–H and O–H groups in total. The van der Waals surface area contributed by atoms with Crippen molar-refractivity contribution in [2.75, 3.05) is 19.8 Å². The summed E-state index contributed by atoms with van der Waals surface area (Å²) in [6.45, 7) is 6.14. The van der Waals surface area contributed by atoms with Gasteiger partial charge < -0.3 is 19.5 Å². The smallest absolute Gasteiger partial charge is 0.0828 e. The van der Waals surface area contributed by atoms with Crippen LogP contribution in [-0.2, 0) is 17.7 Å². The third kappa shape index (κ3) is 11.9. The van der Waals surface area contributed by atoms with Crippen molar-refractivity contribution in [1.82, 2.24) is 4.57 Å². The second kappa shape index (κ2) is 17.1. The molecule has 0 aliphatic rings. The van der Waals surface area contributed by atoms with Crippen molar-refractivity contribution in [3.8, 4) is 0 Å². The zero-order chi connectivity index (χ0) is 20.5. The molecule has 0 fully saturated rings. The van der Waals surface area contributed by atoms with Crippen LogP contribution in [0.15, 0.2) is 12.3 Å². The molecule has 4 nitrogen and oxygen atoms in total. The van der Waals surface area contributed by atoms with Crippen molar-refractivity contribution in [2.45, 2.75) is 110 Å². The Kier molecular flexibility index (Phi) is 15.3. The summed E-state index contributed by atoms with van der Waals surface area (Å²) in [5.74, 6) is 0. The number of ether oxygens (including phenoxy) is 1. The summed E-state index contributed by atoms with van der Waals surface area (Å²) in [7, 11) is 0. The molecule has 164 valence electrons. The highest BCUT2D eigenvalue weighted by Crippen LogP contribution is 2.14. The average molecular weight is 396 g/mol. The van der Waals surface area contributed by atoms with Gasteiger partial charge in [-0.1, -0.05) is 77.6 Å². The van der Waals surface area contributed by atoms with Crippen LogP contribution in [0.3, 0.4) is 0 Å². The van der Waals surface area contributed by atoms with Gasteiger partial charge in [-0.05, 0) is 25.0 Å². The molecule has 4 heteroatoms. The Labute approximate surface area is 173 Å². The Morgan fingerprint density at radius 2 is 1.50 bits per heavy atom. The minimum Gasteiger partial charge on any atom is -0.395 e. The van der Waals surface area contributed by atoms with Crippen LogP contribution in [0.1, 0.15) is 95.2 Å². The van der Waals surface area contributed by atoms with Crippen molar-refractivity contribution in [2.24, 2.45) is 0 Å². The monoisotopic (exact) mass is 395 g/mol. The number of aromatic nitrogens is 1. The van der Waals surface area contributed by atoms with Crippen molar-refractivity contribution in [3.63, 3.8) is 0 Å². The zero-order valence-electron chi connectivity index (χ0n) is 18.5. The lowest BCUT2D eigenvalue weighted by Gasteiger charge is -2.14. The molecule has 0 saturated carbocycles. The van der Waals surface area contributed by atoms with Crippen LogP contribution in [0.2, 0.25) is 0 Å². The molecule has 28 heavy (non-hydrogen) atoms. The van der Waals surface area contributed by atoms with Crippen LogP contribution in [0.25, 0.3) is 0 Å². The molecule has 0 radical (unpaired) electrons. The fraction of sp³-hybridized carbons (Fsp3) is 0.833. The van der Waals surface area contributed by atoms with Gasteiger partial charge in [-0.25, -0.2) is 0 Å². The number of aliphatic hydroxyl groups is 2. The van der Waals surface area contributed by atoms with Gasteiger partial charge in [0.25, 0.3) is 0 Å². The fourth-order valence-corrected chi connectivity index (χ4v) is 3.76. The average Bonchev–Trinajstić information content (AvgIpc) is 3.02. The topological polar surface area (TPSA) is 54.6 Å². The van der Waals surface area contributed by atoms with Gasteiger partial charge in [0, 0.05) is 31.5 Å². The number of aliphatic hydroxyl groups excluding tert-OH is 2. The first kappa shape index (κ1) is 25.2. The van der Waals surface area contributed by atoms with Crippen molar-refractivity contribution in [3.05, 3.63) is 23.5 Å². The van der Waals surface area contributed by atoms with Crippen LogP contribution >= 0.6 is 0 Å². The number of hydrogen-bond acceptors (Lipinski definition) is 3. The van der Waals surface area contributed by atoms with Gasteiger partial charge in [0.2, 0.25) is 0 Å². The minimum absolute atomic E-state index is 0.118. The Morgan fingerprint density at radius 1 is 0.929 bits per heavy atom. The van der Waals surface area contributed by atoms with Gasteiger partial charge in [0.05, 0.1) is 19.3 Å². The first-order chi connectivity index (χ1) is 13.7. The lowest BCUT2D eigenvalue weighted by Crippen LogP contribution is -2.21. The van der Waals surface area contributed by atoms with Crippen molar-refractivity contribution < 1.29 is 14.9 Å². The van der Waals surface area contributed by atoms with Gasteiger partial charge in [-0.3, -0.25) is 0 Å². The number of unbranched alkanes of at least 4 members (excludes halogenated alkanes) is 11. The Balaban J connectivity index is 1.93. The largest absolute Gasteiger partial charge is 0.395 e. The van der Waals surface area contributed by atoms with E-state index in [1.807, 2.05) is 23.8 Å². The molecule has 0 aromatic carbocycles. The van der Waals surface area contributed by atoms with Crippen molar-refractivity contribution >= 4 is 0 Å². The molecule has 1 aromatic rings. The predicted octanol–water partition coefficient (Wildman–Crippen LogP) is 5.41. The van der Waals surface area contributed by atoms with E-state index in [1.165, 1.54) is 70.6 Å². The van der Waals surface area contributed by atoms with E-state index in [4.69, 9.17) is 9.84 Å². The van der Waals surface area contributed by atoms with Gasteiger partial charge in [0.1, 0.15) is 0 Å². The molecule has 0 aliphatic carbocycles. The standard InChI is InChI=1S/C24H45NO3/c1-3-4-5-6-7-8-9-10-11-12-13-14-19-28-21-23(27)20-24-22(2)15-16-25(24)17-18-26/h15-16,23,26-27H,3-14,17-21H2,1-2H3. The summed E-state index contributed by atoms with van der Waals surface area (Å²) in [6, 6.07) is 2.03. The number of nitrogens with zero attached hydrogens (tertiary/aromatic N) is 1. The molecule has 1 rings (SSSR count). The molecule has 1 atom stereocenters. The highest BCUT2D eigenvalue weighted by molar-refractivity contribution is 5.21. The lowest BCUT2D eigenvalue weighted by atomic mass is 10.1. The number of aryl methyl sites for hydroxylation is 1. The fourth-order valence-electron chi connectivity index (χ4n) is 3.76. The maximum Gasteiger partial charge on any atom is 0.0828 e. The van der Waals surface area contributed by atoms with Gasteiger partial charge in [0.15, 0.2) is 0 Å². The van der Waals surface area contributed by atoms with Crippen molar-refractivity contribution in [1.29, 1.82) is 0 Å². The Morgan fingerprint density at radius 3 is 2.07 bits per heavy atom. The summed E-state index contributed by atoms with van der Waals surface area (Å²) < 4.78 is 7.68. The predicted molar refractivity (Wildman–Crippen MR) is 118 cm³/mol. The lowest BCUT2D eigenvalue weighted by molar-refractivity contribution is 0.0345. The summed E-state index contributed by atoms with van der Waals surface area (Å²) >= 11 is 0. The highest BCUT2D eigenvalue weighted by atomic mass is 16.5. The third-order valence-corrected chi connectivity index (χ3v) is 5.53. The van der Waals surface area contributed by atoms with E-state index in [0.717, 1.165) is 24.3 Å². The van der Waals surface area contributed by atoms with E-state index < -0.39 is 6.10 Å². The molecule has 1 heterocycles. The molecule has 0 amide bonds. The Hall–Kier alpha value is -0.840. The van der Waals surface area contributed by atoms with Crippen LogP contribution < -0.4 is 0 Å².